The van der Waals surface area contributed by atoms with Gasteiger partial charge < -0.3 is 4.74 Å². The highest BCUT2D eigenvalue weighted by molar-refractivity contribution is 6.30. The van der Waals surface area contributed by atoms with Crippen LogP contribution in [0, 0.1) is 24.2 Å². The van der Waals surface area contributed by atoms with Crippen LogP contribution < -0.4 is 4.74 Å². The van der Waals surface area contributed by atoms with Crippen LogP contribution in [0.15, 0.2) is 36.4 Å². The van der Waals surface area contributed by atoms with E-state index in [2.05, 4.69) is 12.0 Å². The van der Waals surface area contributed by atoms with Crippen LogP contribution >= 0.6 is 11.6 Å². The van der Waals surface area contributed by atoms with Gasteiger partial charge in [0.25, 0.3) is 0 Å². The molecule has 1 radical (unpaired) electrons. The molecule has 0 N–H and O–H groups in total. The standard InChI is InChI=1S/C15H9ClFO/c1-2-7-18-15-6-4-3-5-14(15)11-8-12(16)10-13(17)9-11/h1,3-5,8-10H,7H2. The van der Waals surface area contributed by atoms with Crippen LogP contribution in [-0.2, 0) is 0 Å². The fourth-order valence-corrected chi connectivity index (χ4v) is 1.81. The first-order chi connectivity index (χ1) is 8.70. The zero-order chi connectivity index (χ0) is 13.0. The third kappa shape index (κ3) is 2.82. The van der Waals surface area contributed by atoms with Gasteiger partial charge in [-0.05, 0) is 23.8 Å². The summed E-state index contributed by atoms with van der Waals surface area (Å²) in [6, 6.07) is 12.5. The van der Waals surface area contributed by atoms with Gasteiger partial charge in [-0.15, -0.1) is 6.42 Å². The Morgan fingerprint density at radius 1 is 1.39 bits per heavy atom. The van der Waals surface area contributed by atoms with E-state index in [0.717, 1.165) is 0 Å². The Kier molecular flexibility index (Phi) is 3.86. The summed E-state index contributed by atoms with van der Waals surface area (Å²) < 4.78 is 18.7. The predicted molar refractivity (Wildman–Crippen MR) is 70.0 cm³/mol. The van der Waals surface area contributed by atoms with E-state index < -0.39 is 5.82 Å². The third-order valence-corrected chi connectivity index (χ3v) is 2.51. The SMILES string of the molecule is C#CCOc1[c]cccc1-c1cc(F)cc(Cl)c1. The minimum atomic E-state index is -0.399. The maximum atomic E-state index is 13.3. The van der Waals surface area contributed by atoms with Gasteiger partial charge in [-0.25, -0.2) is 4.39 Å². The molecule has 0 saturated heterocycles. The molecular weight excluding hydrogens is 251 g/mol. The lowest BCUT2D eigenvalue weighted by Gasteiger charge is -2.09. The van der Waals surface area contributed by atoms with E-state index in [1.54, 1.807) is 24.3 Å². The Labute approximate surface area is 110 Å². The van der Waals surface area contributed by atoms with Crippen LogP contribution in [0.1, 0.15) is 0 Å². The van der Waals surface area contributed by atoms with Crippen molar-refractivity contribution < 1.29 is 9.13 Å². The first-order valence-corrected chi connectivity index (χ1v) is 5.62. The lowest BCUT2D eigenvalue weighted by atomic mass is 10.0. The first kappa shape index (κ1) is 12.5. The largest absolute Gasteiger partial charge is 0.480 e. The zero-order valence-corrected chi connectivity index (χ0v) is 10.2. The molecule has 0 spiro atoms. The molecule has 1 nitrogen and oxygen atoms in total. The summed E-state index contributed by atoms with van der Waals surface area (Å²) in [5.41, 5.74) is 1.33. The van der Waals surface area contributed by atoms with Gasteiger partial charge in [-0.1, -0.05) is 35.7 Å². The number of hydrogen-bond donors (Lipinski definition) is 0. The Bertz CT molecular complexity index is 581. The minimum absolute atomic E-state index is 0.135. The van der Waals surface area contributed by atoms with Gasteiger partial charge in [-0.3, -0.25) is 0 Å². The van der Waals surface area contributed by atoms with E-state index >= 15 is 0 Å². The Balaban J connectivity index is 2.46. The maximum Gasteiger partial charge on any atom is 0.148 e. The van der Waals surface area contributed by atoms with Crippen molar-refractivity contribution in [2.24, 2.45) is 0 Å². The topological polar surface area (TPSA) is 9.23 Å². The molecule has 18 heavy (non-hydrogen) atoms. The molecular formula is C15H9ClFO. The monoisotopic (exact) mass is 259 g/mol. The second kappa shape index (κ2) is 5.57. The fourth-order valence-electron chi connectivity index (χ4n) is 1.59. The van der Waals surface area contributed by atoms with Gasteiger partial charge in [0.2, 0.25) is 0 Å². The zero-order valence-electron chi connectivity index (χ0n) is 9.41. The summed E-state index contributed by atoms with van der Waals surface area (Å²) in [5, 5.41) is 0.330. The van der Waals surface area contributed by atoms with E-state index in [4.69, 9.17) is 22.8 Å². The number of ether oxygens (including phenoxy) is 1. The van der Waals surface area contributed by atoms with Crippen LogP contribution in [0.25, 0.3) is 11.1 Å². The summed E-state index contributed by atoms with van der Waals surface area (Å²) in [7, 11) is 0. The summed E-state index contributed by atoms with van der Waals surface area (Å²) in [6.45, 7) is 0.135. The Hall–Kier alpha value is -1.98. The number of para-hydroxylation sites is 1. The molecule has 89 valence electrons. The van der Waals surface area contributed by atoms with Gasteiger partial charge >= 0.3 is 0 Å². The van der Waals surface area contributed by atoms with Crippen LogP contribution in [0.2, 0.25) is 5.02 Å². The van der Waals surface area contributed by atoms with E-state index in [-0.39, 0.29) is 6.61 Å². The summed E-state index contributed by atoms with van der Waals surface area (Å²) in [4.78, 5) is 0. The fraction of sp³-hybridized carbons (Fsp3) is 0.0667. The Morgan fingerprint density at radius 3 is 2.94 bits per heavy atom. The van der Waals surface area contributed by atoms with Gasteiger partial charge in [-0.2, -0.15) is 0 Å². The van der Waals surface area contributed by atoms with Crippen molar-refractivity contribution in [3.8, 4) is 29.2 Å². The molecule has 0 bridgehead atoms. The maximum absolute atomic E-state index is 13.3. The second-order valence-corrected chi connectivity index (χ2v) is 4.00. The number of benzene rings is 2. The first-order valence-electron chi connectivity index (χ1n) is 5.24. The van der Waals surface area contributed by atoms with E-state index in [0.29, 0.717) is 21.9 Å². The third-order valence-electron chi connectivity index (χ3n) is 2.29. The molecule has 0 unspecified atom stereocenters. The average Bonchev–Trinajstić information content (AvgIpc) is 2.35. The minimum Gasteiger partial charge on any atom is -0.480 e. The summed E-state index contributed by atoms with van der Waals surface area (Å²) >= 11 is 5.83. The molecule has 0 aliphatic rings. The van der Waals surface area contributed by atoms with Crippen molar-refractivity contribution in [2.45, 2.75) is 0 Å². The van der Waals surface area contributed by atoms with Crippen molar-refractivity contribution in [1.29, 1.82) is 0 Å². The summed E-state index contributed by atoms with van der Waals surface area (Å²) in [5.74, 6) is 2.46. The van der Waals surface area contributed by atoms with Gasteiger partial charge in [0.15, 0.2) is 0 Å². The average molecular weight is 260 g/mol. The smallest absolute Gasteiger partial charge is 0.148 e. The highest BCUT2D eigenvalue weighted by atomic mass is 35.5. The van der Waals surface area contributed by atoms with Crippen LogP contribution in [0.3, 0.4) is 0 Å². The number of hydrogen-bond acceptors (Lipinski definition) is 1. The molecule has 0 fully saturated rings. The molecule has 2 rings (SSSR count). The van der Waals surface area contributed by atoms with Crippen molar-refractivity contribution in [2.75, 3.05) is 6.61 Å². The number of terminal acetylenes is 1. The highest BCUT2D eigenvalue weighted by Gasteiger charge is 2.08. The number of halogens is 2. The molecule has 0 aliphatic heterocycles. The molecule has 2 aromatic rings. The van der Waals surface area contributed by atoms with Crippen molar-refractivity contribution >= 4 is 11.6 Å². The van der Waals surface area contributed by atoms with Crippen LogP contribution in [-0.4, -0.2) is 6.61 Å². The quantitative estimate of drug-likeness (QED) is 0.758. The predicted octanol–water partition coefficient (Wildman–Crippen LogP) is 3.96. The molecule has 0 atom stereocenters. The van der Waals surface area contributed by atoms with Crippen molar-refractivity contribution in [3.05, 3.63) is 53.3 Å². The normalized spacial score (nSPS) is 9.83. The molecule has 0 amide bonds. The molecule has 0 heterocycles. The van der Waals surface area contributed by atoms with Crippen LogP contribution in [0.5, 0.6) is 5.75 Å². The highest BCUT2D eigenvalue weighted by Crippen LogP contribution is 2.31. The molecule has 2 aromatic carbocycles. The lowest BCUT2D eigenvalue weighted by molar-refractivity contribution is 0.371. The van der Waals surface area contributed by atoms with E-state index in [9.17, 15) is 4.39 Å². The van der Waals surface area contributed by atoms with Gasteiger partial charge in [0, 0.05) is 16.7 Å². The second-order valence-electron chi connectivity index (χ2n) is 3.56. The van der Waals surface area contributed by atoms with Crippen LogP contribution in [0.4, 0.5) is 4.39 Å². The van der Waals surface area contributed by atoms with Gasteiger partial charge in [0.1, 0.15) is 18.2 Å². The number of rotatable bonds is 3. The van der Waals surface area contributed by atoms with E-state index in [1.165, 1.54) is 12.1 Å². The molecule has 0 aromatic heterocycles. The van der Waals surface area contributed by atoms with Crippen molar-refractivity contribution in [1.82, 2.24) is 0 Å². The molecule has 0 aliphatic carbocycles. The molecule has 0 saturated carbocycles. The van der Waals surface area contributed by atoms with E-state index in [1.807, 2.05) is 0 Å². The Morgan fingerprint density at radius 2 is 2.22 bits per heavy atom. The summed E-state index contributed by atoms with van der Waals surface area (Å²) in [6.07, 6.45) is 5.14. The van der Waals surface area contributed by atoms with Crippen molar-refractivity contribution in [3.63, 3.8) is 0 Å². The van der Waals surface area contributed by atoms with Gasteiger partial charge in [0.05, 0.1) is 0 Å². The lowest BCUT2D eigenvalue weighted by Crippen LogP contribution is -1.95. The molecule has 3 heteroatoms.